The quantitative estimate of drug-likeness (QED) is 0.436. The molecule has 0 saturated heterocycles. The fourth-order valence-electron chi connectivity index (χ4n) is 2.21. The topological polar surface area (TPSA) is 72.0 Å². The monoisotopic (exact) mass is 449 g/mol. The molecule has 0 bridgehead atoms. The summed E-state index contributed by atoms with van der Waals surface area (Å²) >= 11 is 8.93. The maximum absolute atomic E-state index is 12.6. The molecule has 0 saturated carbocycles. The number of halogens is 1. The van der Waals surface area contributed by atoms with Crippen molar-refractivity contribution >= 4 is 79.4 Å². The van der Waals surface area contributed by atoms with Gasteiger partial charge in [-0.2, -0.15) is 0 Å². The average Bonchev–Trinajstić information content (AvgIpc) is 3.04. The summed E-state index contributed by atoms with van der Waals surface area (Å²) in [6.07, 6.45) is 2.49. The molecule has 0 aliphatic heterocycles. The molecule has 0 unspecified atom stereocenters. The number of anilines is 1. The summed E-state index contributed by atoms with van der Waals surface area (Å²) in [4.78, 5) is 8.78. The van der Waals surface area contributed by atoms with Gasteiger partial charge in [0.2, 0.25) is 0 Å². The van der Waals surface area contributed by atoms with Crippen molar-refractivity contribution in [2.75, 3.05) is 10.5 Å². The molecule has 2 heterocycles. The third kappa shape index (κ3) is 6.19. The molecule has 3 rings (SSSR count). The van der Waals surface area contributed by atoms with Crippen LogP contribution in [0, 0.1) is 6.92 Å². The van der Waals surface area contributed by atoms with E-state index in [4.69, 9.17) is 11.6 Å². The number of nitrogens with one attached hydrogen (secondary N) is 1. The van der Waals surface area contributed by atoms with E-state index in [1.165, 1.54) is 17.4 Å². The van der Waals surface area contributed by atoms with Crippen molar-refractivity contribution in [3.8, 4) is 0 Å². The predicted molar refractivity (Wildman–Crippen MR) is 115 cm³/mol. The third-order valence-corrected chi connectivity index (χ3v) is 7.30. The van der Waals surface area contributed by atoms with Crippen LogP contribution in [-0.4, -0.2) is 53.7 Å². The summed E-state index contributed by atoms with van der Waals surface area (Å²) in [6.45, 7) is 1.68. The first-order chi connectivity index (χ1) is 12.5. The first kappa shape index (κ1) is 22.7. The molecule has 0 radical (unpaired) electrons. The number of sulfonamides is 1. The third-order valence-electron chi connectivity index (χ3n) is 3.53. The number of rotatable bonds is 7. The van der Waals surface area contributed by atoms with E-state index in [9.17, 15) is 8.42 Å². The second kappa shape index (κ2) is 10.2. The van der Waals surface area contributed by atoms with E-state index in [0.29, 0.717) is 15.7 Å². The molecule has 1 aromatic carbocycles. The number of nitrogens with zero attached hydrogens (tertiary/aromatic N) is 2. The normalized spacial score (nSPS) is 11.0. The number of aromatic nitrogens is 2. The summed E-state index contributed by atoms with van der Waals surface area (Å²) in [7, 11) is -3.72. The zero-order valence-electron chi connectivity index (χ0n) is 13.8. The number of hydrogen-bond acceptors (Lipinski definition) is 6. The molecule has 2 aromatic heterocycles. The van der Waals surface area contributed by atoms with Gasteiger partial charge in [-0.25, -0.2) is 18.4 Å². The summed E-state index contributed by atoms with van der Waals surface area (Å²) in [5, 5.41) is 3.59. The van der Waals surface area contributed by atoms with Crippen LogP contribution in [0.1, 0.15) is 11.3 Å². The Balaban J connectivity index is 0.00000261. The molecule has 0 atom stereocenters. The average molecular weight is 450 g/mol. The summed E-state index contributed by atoms with van der Waals surface area (Å²) in [6, 6.07) is 10.6. The fraction of sp³-hybridized carbons (Fsp3) is 0.176. The van der Waals surface area contributed by atoms with Crippen LogP contribution in [0.5, 0.6) is 0 Å². The van der Waals surface area contributed by atoms with Crippen LogP contribution in [-0.2, 0) is 16.4 Å². The van der Waals surface area contributed by atoms with E-state index in [1.807, 2.05) is 23.6 Å². The molecule has 0 amide bonds. The van der Waals surface area contributed by atoms with E-state index in [2.05, 4.69) is 14.7 Å². The van der Waals surface area contributed by atoms with Gasteiger partial charge in [0.15, 0.2) is 5.13 Å². The summed E-state index contributed by atoms with van der Waals surface area (Å²) < 4.78 is 27.7. The number of thioether (sulfide) groups is 1. The number of thiazole rings is 1. The van der Waals surface area contributed by atoms with Crippen molar-refractivity contribution in [3.63, 3.8) is 0 Å². The molecule has 0 aliphatic carbocycles. The van der Waals surface area contributed by atoms with Gasteiger partial charge in [0.05, 0.1) is 15.6 Å². The minimum atomic E-state index is -3.72. The van der Waals surface area contributed by atoms with Crippen LogP contribution in [0.25, 0.3) is 0 Å². The van der Waals surface area contributed by atoms with Gasteiger partial charge in [0.25, 0.3) is 10.0 Å². The van der Waals surface area contributed by atoms with Crippen molar-refractivity contribution in [3.05, 3.63) is 64.3 Å². The van der Waals surface area contributed by atoms with E-state index >= 15 is 0 Å². The zero-order valence-corrected chi connectivity index (χ0v) is 17.1. The number of aryl methyl sites for hydroxylation is 1. The molecule has 0 spiro atoms. The van der Waals surface area contributed by atoms with E-state index < -0.39 is 10.0 Å². The van der Waals surface area contributed by atoms with Crippen molar-refractivity contribution < 1.29 is 8.42 Å². The van der Waals surface area contributed by atoms with Crippen molar-refractivity contribution in [1.29, 1.82) is 0 Å². The predicted octanol–water partition coefficient (Wildman–Crippen LogP) is 3.99. The Morgan fingerprint density at radius 2 is 2.04 bits per heavy atom. The molecular formula is C17H17ClN3NaO2S3. The Kier molecular flexibility index (Phi) is 8.61. The van der Waals surface area contributed by atoms with Gasteiger partial charge >= 0.3 is 29.6 Å². The molecule has 10 heteroatoms. The van der Waals surface area contributed by atoms with Crippen LogP contribution in [0.4, 0.5) is 5.13 Å². The van der Waals surface area contributed by atoms with Crippen LogP contribution < -0.4 is 4.72 Å². The Bertz CT molecular complexity index is 998. The van der Waals surface area contributed by atoms with Crippen LogP contribution in [0.15, 0.2) is 57.9 Å². The van der Waals surface area contributed by atoms with Gasteiger partial charge in [-0.15, -0.1) is 23.1 Å². The van der Waals surface area contributed by atoms with Crippen molar-refractivity contribution in [2.45, 2.75) is 23.3 Å². The maximum atomic E-state index is 12.6. The molecule has 138 valence electrons. The minimum absolute atomic E-state index is 0. The fourth-order valence-corrected chi connectivity index (χ4v) is 5.54. The second-order valence-electron chi connectivity index (χ2n) is 5.38. The Labute approximate surface area is 194 Å². The first-order valence-corrected chi connectivity index (χ1v) is 11.4. The first-order valence-electron chi connectivity index (χ1n) is 7.72. The van der Waals surface area contributed by atoms with E-state index in [1.54, 1.807) is 37.0 Å². The Morgan fingerprint density at radius 3 is 2.78 bits per heavy atom. The van der Waals surface area contributed by atoms with Gasteiger partial charge in [0, 0.05) is 28.8 Å². The molecule has 0 fully saturated rings. The molecule has 0 aliphatic rings. The van der Waals surface area contributed by atoms with Gasteiger partial charge in [-0.1, -0.05) is 23.7 Å². The van der Waals surface area contributed by atoms with Gasteiger partial charge in [-0.3, -0.25) is 4.72 Å². The van der Waals surface area contributed by atoms with Crippen molar-refractivity contribution in [2.24, 2.45) is 0 Å². The van der Waals surface area contributed by atoms with Crippen LogP contribution in [0.2, 0.25) is 5.02 Å². The zero-order chi connectivity index (χ0) is 18.6. The van der Waals surface area contributed by atoms with E-state index in [0.717, 1.165) is 22.9 Å². The molecule has 27 heavy (non-hydrogen) atoms. The number of benzene rings is 1. The Hall–Kier alpha value is -0.610. The van der Waals surface area contributed by atoms with E-state index in [-0.39, 0.29) is 34.5 Å². The number of pyridine rings is 1. The van der Waals surface area contributed by atoms with Crippen LogP contribution in [0.3, 0.4) is 0 Å². The van der Waals surface area contributed by atoms with Crippen LogP contribution >= 0.6 is 34.7 Å². The molecule has 1 N–H and O–H groups in total. The van der Waals surface area contributed by atoms with Gasteiger partial charge in [-0.05, 0) is 36.8 Å². The molecule has 5 nitrogen and oxygen atoms in total. The van der Waals surface area contributed by atoms with Crippen molar-refractivity contribution in [1.82, 2.24) is 9.97 Å². The standard InChI is InChI=1S/C17H16ClN3O2S3.Na.H/c1-12-14(18)5-4-6-15(12)26(22,23)21-17-20-13(11-25-17)8-10-24-16-7-2-3-9-19-16;;/h2-7,9,11H,8,10H2,1H3,(H,20,21);;. The number of hydrogen-bond donors (Lipinski definition) is 1. The summed E-state index contributed by atoms with van der Waals surface area (Å²) in [5.74, 6) is 0.820. The molecular weight excluding hydrogens is 433 g/mol. The molecule has 3 aromatic rings. The second-order valence-corrected chi connectivity index (χ2v) is 9.41. The Morgan fingerprint density at radius 1 is 1.22 bits per heavy atom. The van der Waals surface area contributed by atoms with Gasteiger partial charge < -0.3 is 0 Å². The summed E-state index contributed by atoms with van der Waals surface area (Å²) in [5.41, 5.74) is 1.36. The van der Waals surface area contributed by atoms with Gasteiger partial charge in [0.1, 0.15) is 0 Å². The SMILES string of the molecule is Cc1c(Cl)cccc1S(=O)(=O)Nc1nc(CCSc2ccccn2)cs1.[NaH].